The highest BCUT2D eigenvalue weighted by atomic mass is 35.5. The zero-order chi connectivity index (χ0) is 20.0. The van der Waals surface area contributed by atoms with Crippen LogP contribution in [0.25, 0.3) is 0 Å². The summed E-state index contributed by atoms with van der Waals surface area (Å²) in [5.74, 6) is -1.05. The maximum Gasteiger partial charge on any atom is 0.412 e. The van der Waals surface area contributed by atoms with Gasteiger partial charge in [0, 0.05) is 11.3 Å². The Hall–Kier alpha value is -3.06. The van der Waals surface area contributed by atoms with Crippen molar-refractivity contribution >= 4 is 35.2 Å². The molecule has 0 aliphatic heterocycles. The van der Waals surface area contributed by atoms with Gasteiger partial charge in [0.25, 0.3) is 11.8 Å². The molecule has 7 nitrogen and oxygen atoms in total. The van der Waals surface area contributed by atoms with Crippen molar-refractivity contribution < 1.29 is 19.1 Å². The van der Waals surface area contributed by atoms with E-state index in [9.17, 15) is 14.4 Å². The van der Waals surface area contributed by atoms with Crippen molar-refractivity contribution in [2.24, 2.45) is 0 Å². The Labute approximate surface area is 162 Å². The normalized spacial score (nSPS) is 10.7. The van der Waals surface area contributed by atoms with E-state index < -0.39 is 23.5 Å². The summed E-state index contributed by atoms with van der Waals surface area (Å²) >= 11 is 5.93. The summed E-state index contributed by atoms with van der Waals surface area (Å²) in [7, 11) is 0. The fourth-order valence-electron chi connectivity index (χ4n) is 2.02. The maximum atomic E-state index is 12.1. The Balaban J connectivity index is 1.91. The number of hydrogen-bond donors (Lipinski definition) is 3. The van der Waals surface area contributed by atoms with Crippen LogP contribution in [0, 0.1) is 0 Å². The Morgan fingerprint density at radius 2 is 1.48 bits per heavy atom. The molecule has 0 heterocycles. The lowest BCUT2D eigenvalue weighted by atomic mass is 10.2. The molecule has 0 fully saturated rings. The van der Waals surface area contributed by atoms with E-state index in [2.05, 4.69) is 16.2 Å². The van der Waals surface area contributed by atoms with Crippen LogP contribution in [-0.4, -0.2) is 23.5 Å². The Morgan fingerprint density at radius 3 is 2.07 bits per heavy atom. The molecule has 8 heteroatoms. The van der Waals surface area contributed by atoms with E-state index in [1.807, 2.05) is 0 Å². The average Bonchev–Trinajstić information content (AvgIpc) is 2.58. The summed E-state index contributed by atoms with van der Waals surface area (Å²) in [5.41, 5.74) is 5.01. The van der Waals surface area contributed by atoms with E-state index in [0.717, 1.165) is 0 Å². The van der Waals surface area contributed by atoms with Crippen LogP contribution < -0.4 is 16.2 Å². The second kappa shape index (κ2) is 8.55. The summed E-state index contributed by atoms with van der Waals surface area (Å²) < 4.78 is 5.15. The molecule has 2 aromatic carbocycles. The predicted molar refractivity (Wildman–Crippen MR) is 103 cm³/mol. The fourth-order valence-corrected chi connectivity index (χ4v) is 2.25. The lowest BCUT2D eigenvalue weighted by molar-refractivity contribution is 0.0635. The number of halogens is 1. The number of nitrogens with one attached hydrogen (secondary N) is 3. The molecule has 0 spiro atoms. The van der Waals surface area contributed by atoms with Gasteiger partial charge in [-0.05, 0) is 57.2 Å². The van der Waals surface area contributed by atoms with Crippen molar-refractivity contribution in [1.29, 1.82) is 0 Å². The topological polar surface area (TPSA) is 96.5 Å². The molecule has 0 aliphatic carbocycles. The zero-order valence-corrected chi connectivity index (χ0v) is 15.9. The van der Waals surface area contributed by atoms with E-state index in [1.165, 1.54) is 12.1 Å². The number of anilines is 1. The summed E-state index contributed by atoms with van der Waals surface area (Å²) in [5, 5.41) is 2.84. The first-order valence-corrected chi connectivity index (χ1v) is 8.49. The Kier molecular flexibility index (Phi) is 6.41. The average molecular weight is 390 g/mol. The van der Waals surface area contributed by atoms with Crippen LogP contribution in [0.2, 0.25) is 5.02 Å². The molecule has 0 saturated heterocycles. The first-order valence-electron chi connectivity index (χ1n) is 8.11. The summed E-state index contributed by atoms with van der Waals surface area (Å²) in [6.07, 6.45) is -0.591. The molecule has 0 unspecified atom stereocenters. The van der Waals surface area contributed by atoms with Crippen molar-refractivity contribution in [3.05, 3.63) is 64.7 Å². The highest BCUT2D eigenvalue weighted by molar-refractivity contribution is 6.33. The molecular formula is C19H20ClN3O4. The van der Waals surface area contributed by atoms with Gasteiger partial charge < -0.3 is 4.74 Å². The van der Waals surface area contributed by atoms with E-state index in [-0.39, 0.29) is 10.6 Å². The molecule has 0 saturated carbocycles. The summed E-state index contributed by atoms with van der Waals surface area (Å²) in [4.78, 5) is 35.9. The summed E-state index contributed by atoms with van der Waals surface area (Å²) in [6, 6.07) is 12.6. The van der Waals surface area contributed by atoms with Crippen LogP contribution >= 0.6 is 11.6 Å². The third-order valence-electron chi connectivity index (χ3n) is 3.20. The van der Waals surface area contributed by atoms with Crippen molar-refractivity contribution in [2.75, 3.05) is 5.32 Å². The molecular weight excluding hydrogens is 370 g/mol. The largest absolute Gasteiger partial charge is 0.444 e. The molecule has 0 bridgehead atoms. The number of hydrogen-bond acceptors (Lipinski definition) is 4. The number of hydrazine groups is 1. The van der Waals surface area contributed by atoms with Crippen LogP contribution in [0.15, 0.2) is 48.5 Å². The maximum absolute atomic E-state index is 12.1. The van der Waals surface area contributed by atoms with Gasteiger partial charge in [0.2, 0.25) is 0 Å². The Morgan fingerprint density at radius 1 is 0.889 bits per heavy atom. The smallest absolute Gasteiger partial charge is 0.412 e. The Bertz CT molecular complexity index is 845. The number of amides is 3. The summed E-state index contributed by atoms with van der Waals surface area (Å²) in [6.45, 7) is 5.28. The minimum atomic E-state index is -0.607. The molecule has 0 aliphatic rings. The predicted octanol–water partition coefficient (Wildman–Crippen LogP) is 3.76. The van der Waals surface area contributed by atoms with Crippen molar-refractivity contribution in [3.8, 4) is 0 Å². The van der Waals surface area contributed by atoms with E-state index in [4.69, 9.17) is 16.3 Å². The van der Waals surface area contributed by atoms with Gasteiger partial charge in [0.05, 0.1) is 10.6 Å². The first-order chi connectivity index (χ1) is 12.7. The van der Waals surface area contributed by atoms with Gasteiger partial charge in [-0.15, -0.1) is 0 Å². The fraction of sp³-hybridized carbons (Fsp3) is 0.211. The molecule has 27 heavy (non-hydrogen) atoms. The van der Waals surface area contributed by atoms with Crippen molar-refractivity contribution in [2.45, 2.75) is 26.4 Å². The number of carbonyl (C=O) groups excluding carboxylic acids is 3. The zero-order valence-electron chi connectivity index (χ0n) is 15.1. The lowest BCUT2D eigenvalue weighted by Crippen LogP contribution is -2.41. The number of benzene rings is 2. The van der Waals surface area contributed by atoms with E-state index in [0.29, 0.717) is 11.3 Å². The second-order valence-electron chi connectivity index (χ2n) is 6.59. The molecule has 3 amide bonds. The molecule has 0 aromatic heterocycles. The van der Waals surface area contributed by atoms with Crippen LogP contribution in [0.4, 0.5) is 10.5 Å². The van der Waals surface area contributed by atoms with Gasteiger partial charge in [0.15, 0.2) is 0 Å². The number of ether oxygens (including phenoxy) is 1. The molecule has 3 N–H and O–H groups in total. The number of carbonyl (C=O) groups is 3. The van der Waals surface area contributed by atoms with Crippen molar-refractivity contribution in [3.63, 3.8) is 0 Å². The minimum Gasteiger partial charge on any atom is -0.444 e. The van der Waals surface area contributed by atoms with E-state index in [1.54, 1.807) is 57.2 Å². The first kappa shape index (κ1) is 20.3. The third-order valence-corrected chi connectivity index (χ3v) is 3.53. The van der Waals surface area contributed by atoms with Gasteiger partial charge >= 0.3 is 6.09 Å². The van der Waals surface area contributed by atoms with Gasteiger partial charge in [-0.25, -0.2) is 4.79 Å². The molecule has 2 rings (SSSR count). The third kappa shape index (κ3) is 6.31. The SMILES string of the molecule is CC(C)(C)OC(=O)Nc1ccc(C(=O)NNC(=O)c2ccccc2Cl)cc1. The van der Waals surface area contributed by atoms with Crippen LogP contribution in [0.3, 0.4) is 0 Å². The second-order valence-corrected chi connectivity index (χ2v) is 7.00. The minimum absolute atomic E-state index is 0.247. The van der Waals surface area contributed by atoms with Crippen molar-refractivity contribution in [1.82, 2.24) is 10.9 Å². The molecule has 142 valence electrons. The monoisotopic (exact) mass is 389 g/mol. The quantitative estimate of drug-likeness (QED) is 0.696. The highest BCUT2D eigenvalue weighted by Crippen LogP contribution is 2.15. The number of rotatable bonds is 3. The molecule has 0 radical (unpaired) electrons. The molecule has 2 aromatic rings. The lowest BCUT2D eigenvalue weighted by Gasteiger charge is -2.19. The van der Waals surface area contributed by atoms with Gasteiger partial charge in [-0.1, -0.05) is 23.7 Å². The molecule has 0 atom stereocenters. The van der Waals surface area contributed by atoms with Crippen LogP contribution in [0.5, 0.6) is 0 Å². The van der Waals surface area contributed by atoms with Crippen LogP contribution in [-0.2, 0) is 4.74 Å². The van der Waals surface area contributed by atoms with E-state index >= 15 is 0 Å². The highest BCUT2D eigenvalue weighted by Gasteiger charge is 2.16. The van der Waals surface area contributed by atoms with Gasteiger partial charge in [0.1, 0.15) is 5.60 Å². The van der Waals surface area contributed by atoms with Crippen LogP contribution in [0.1, 0.15) is 41.5 Å². The van der Waals surface area contributed by atoms with Gasteiger partial charge in [-0.2, -0.15) is 0 Å². The van der Waals surface area contributed by atoms with Gasteiger partial charge in [-0.3, -0.25) is 25.8 Å². The standard InChI is InChI=1S/C19H20ClN3O4/c1-19(2,3)27-18(26)21-13-10-8-12(9-11-13)16(24)22-23-17(25)14-6-4-5-7-15(14)20/h4-11H,1-3H3,(H,21,26)(H,22,24)(H,23,25).